The van der Waals surface area contributed by atoms with Gasteiger partial charge >= 0.3 is 0 Å². The van der Waals surface area contributed by atoms with Crippen molar-refractivity contribution in [1.82, 2.24) is 24.9 Å². The molecule has 3 heterocycles. The van der Waals surface area contributed by atoms with Gasteiger partial charge in [-0.25, -0.2) is 4.98 Å². The van der Waals surface area contributed by atoms with Gasteiger partial charge in [0.1, 0.15) is 5.82 Å². The van der Waals surface area contributed by atoms with Crippen molar-refractivity contribution in [2.45, 2.75) is 32.2 Å². The number of rotatable bonds is 3. The van der Waals surface area contributed by atoms with Crippen LogP contribution in [0.15, 0.2) is 12.4 Å². The SMILES string of the molecule is Cc1nnc2c(N(C)CC3CCCCN3)nccn12. The van der Waals surface area contributed by atoms with Gasteiger partial charge in [-0.1, -0.05) is 6.42 Å². The van der Waals surface area contributed by atoms with Crippen molar-refractivity contribution in [3.8, 4) is 0 Å². The summed E-state index contributed by atoms with van der Waals surface area (Å²) in [5.41, 5.74) is 0.832. The molecule has 1 atom stereocenters. The first-order chi connectivity index (χ1) is 9.25. The third-order valence-electron chi connectivity index (χ3n) is 3.75. The average Bonchev–Trinajstić information content (AvgIpc) is 2.82. The lowest BCUT2D eigenvalue weighted by atomic mass is 10.0. The minimum atomic E-state index is 0.546. The fourth-order valence-corrected chi connectivity index (χ4v) is 2.69. The van der Waals surface area contributed by atoms with E-state index in [9.17, 15) is 0 Å². The number of likely N-dealkylation sites (N-methyl/N-ethyl adjacent to an activating group) is 1. The molecule has 1 saturated heterocycles. The molecule has 6 nitrogen and oxygen atoms in total. The molecule has 0 aliphatic carbocycles. The summed E-state index contributed by atoms with van der Waals surface area (Å²) < 4.78 is 1.98. The highest BCUT2D eigenvalue weighted by molar-refractivity contribution is 5.63. The number of fused-ring (bicyclic) bond motifs is 1. The van der Waals surface area contributed by atoms with Crippen LogP contribution in [0.5, 0.6) is 0 Å². The van der Waals surface area contributed by atoms with Crippen molar-refractivity contribution in [3.63, 3.8) is 0 Å². The molecule has 102 valence electrons. The molecule has 3 rings (SSSR count). The number of aryl methyl sites for hydroxylation is 1. The molecule has 0 saturated carbocycles. The quantitative estimate of drug-likeness (QED) is 0.892. The summed E-state index contributed by atoms with van der Waals surface area (Å²) in [4.78, 5) is 6.63. The van der Waals surface area contributed by atoms with Crippen LogP contribution >= 0.6 is 0 Å². The fourth-order valence-electron chi connectivity index (χ4n) is 2.69. The molecule has 0 radical (unpaired) electrons. The molecule has 0 amide bonds. The first-order valence-electron chi connectivity index (χ1n) is 6.86. The van der Waals surface area contributed by atoms with Crippen LogP contribution in [-0.4, -0.2) is 45.8 Å². The molecule has 2 aromatic rings. The molecular formula is C13H20N6. The highest BCUT2D eigenvalue weighted by atomic mass is 15.3. The lowest BCUT2D eigenvalue weighted by Gasteiger charge is -2.28. The Kier molecular flexibility index (Phi) is 3.33. The zero-order valence-corrected chi connectivity index (χ0v) is 11.5. The smallest absolute Gasteiger partial charge is 0.203 e. The molecular weight excluding hydrogens is 240 g/mol. The topological polar surface area (TPSA) is 58.4 Å². The van der Waals surface area contributed by atoms with Crippen molar-refractivity contribution in [2.75, 3.05) is 25.0 Å². The number of hydrogen-bond acceptors (Lipinski definition) is 5. The van der Waals surface area contributed by atoms with Crippen LogP contribution in [-0.2, 0) is 0 Å². The number of aromatic nitrogens is 4. The lowest BCUT2D eigenvalue weighted by molar-refractivity contribution is 0.403. The summed E-state index contributed by atoms with van der Waals surface area (Å²) in [7, 11) is 2.07. The maximum Gasteiger partial charge on any atom is 0.203 e. The monoisotopic (exact) mass is 260 g/mol. The first-order valence-corrected chi connectivity index (χ1v) is 6.86. The molecule has 1 aliphatic heterocycles. The van der Waals surface area contributed by atoms with Crippen molar-refractivity contribution in [1.29, 1.82) is 0 Å². The van der Waals surface area contributed by atoms with E-state index in [4.69, 9.17) is 0 Å². The van der Waals surface area contributed by atoms with Crippen LogP contribution in [0.4, 0.5) is 5.82 Å². The molecule has 19 heavy (non-hydrogen) atoms. The molecule has 0 spiro atoms. The van der Waals surface area contributed by atoms with E-state index < -0.39 is 0 Å². The van der Waals surface area contributed by atoms with Crippen molar-refractivity contribution < 1.29 is 0 Å². The summed E-state index contributed by atoms with van der Waals surface area (Å²) in [6.07, 6.45) is 7.55. The minimum absolute atomic E-state index is 0.546. The zero-order chi connectivity index (χ0) is 13.2. The van der Waals surface area contributed by atoms with E-state index in [-0.39, 0.29) is 0 Å². The van der Waals surface area contributed by atoms with Gasteiger partial charge in [0, 0.05) is 32.0 Å². The highest BCUT2D eigenvalue weighted by Gasteiger charge is 2.18. The van der Waals surface area contributed by atoms with E-state index in [2.05, 4.69) is 32.4 Å². The predicted octanol–water partition coefficient (Wildman–Crippen LogP) is 1.01. The zero-order valence-electron chi connectivity index (χ0n) is 11.5. The van der Waals surface area contributed by atoms with Gasteiger partial charge in [-0.05, 0) is 26.3 Å². The third kappa shape index (κ3) is 2.40. The van der Waals surface area contributed by atoms with Gasteiger partial charge in [0.05, 0.1) is 0 Å². The Hall–Kier alpha value is -1.69. The normalized spacial score (nSPS) is 19.8. The fraction of sp³-hybridized carbons (Fsp3) is 0.615. The standard InChI is InChI=1S/C13H20N6/c1-10-16-17-13-12(15-7-8-19(10)13)18(2)9-11-5-3-4-6-14-11/h7-8,11,14H,3-6,9H2,1-2H3. The van der Waals surface area contributed by atoms with Crippen molar-refractivity contribution >= 4 is 11.5 Å². The Morgan fingerprint density at radius 1 is 1.42 bits per heavy atom. The van der Waals surface area contributed by atoms with E-state index in [0.717, 1.165) is 30.4 Å². The van der Waals surface area contributed by atoms with Gasteiger partial charge < -0.3 is 10.2 Å². The Morgan fingerprint density at radius 2 is 2.32 bits per heavy atom. The van der Waals surface area contributed by atoms with E-state index in [1.807, 2.05) is 23.7 Å². The summed E-state index contributed by atoms with van der Waals surface area (Å²) in [5.74, 6) is 1.79. The van der Waals surface area contributed by atoms with E-state index in [1.54, 1.807) is 0 Å². The van der Waals surface area contributed by atoms with E-state index in [1.165, 1.54) is 19.3 Å². The predicted molar refractivity (Wildman–Crippen MR) is 74.4 cm³/mol. The van der Waals surface area contributed by atoms with Gasteiger partial charge in [-0.2, -0.15) is 0 Å². The summed E-state index contributed by atoms with van der Waals surface area (Å²) in [5, 5.41) is 11.9. The minimum Gasteiger partial charge on any atom is -0.355 e. The molecule has 0 aromatic carbocycles. The largest absolute Gasteiger partial charge is 0.355 e. The second-order valence-corrected chi connectivity index (χ2v) is 5.22. The Balaban J connectivity index is 1.82. The summed E-state index contributed by atoms with van der Waals surface area (Å²) in [6, 6.07) is 0.546. The molecule has 1 fully saturated rings. The van der Waals surface area contributed by atoms with Crippen LogP contribution in [0.3, 0.4) is 0 Å². The maximum absolute atomic E-state index is 4.46. The number of piperidine rings is 1. The highest BCUT2D eigenvalue weighted by Crippen LogP contribution is 2.17. The van der Waals surface area contributed by atoms with Crippen LogP contribution < -0.4 is 10.2 Å². The Labute approximate surface area is 112 Å². The number of nitrogens with one attached hydrogen (secondary N) is 1. The molecule has 1 unspecified atom stereocenters. The summed E-state index contributed by atoms with van der Waals surface area (Å²) >= 11 is 0. The van der Waals surface area contributed by atoms with Gasteiger partial charge in [0.25, 0.3) is 0 Å². The molecule has 1 N–H and O–H groups in total. The lowest BCUT2D eigenvalue weighted by Crippen LogP contribution is -2.42. The third-order valence-corrected chi connectivity index (χ3v) is 3.75. The summed E-state index contributed by atoms with van der Waals surface area (Å²) in [6.45, 7) is 4.03. The second-order valence-electron chi connectivity index (χ2n) is 5.22. The second kappa shape index (κ2) is 5.13. The maximum atomic E-state index is 4.46. The van der Waals surface area contributed by atoms with Crippen LogP contribution in [0.25, 0.3) is 5.65 Å². The van der Waals surface area contributed by atoms with Gasteiger partial charge in [-0.3, -0.25) is 4.40 Å². The van der Waals surface area contributed by atoms with Crippen LogP contribution in [0, 0.1) is 6.92 Å². The van der Waals surface area contributed by atoms with Gasteiger partial charge in [0.2, 0.25) is 5.65 Å². The Bertz CT molecular complexity index is 557. The van der Waals surface area contributed by atoms with E-state index >= 15 is 0 Å². The molecule has 0 bridgehead atoms. The van der Waals surface area contributed by atoms with Crippen molar-refractivity contribution in [3.05, 3.63) is 18.2 Å². The van der Waals surface area contributed by atoms with Crippen LogP contribution in [0.1, 0.15) is 25.1 Å². The molecule has 6 heteroatoms. The number of anilines is 1. The number of nitrogens with zero attached hydrogens (tertiary/aromatic N) is 5. The van der Waals surface area contributed by atoms with Crippen LogP contribution in [0.2, 0.25) is 0 Å². The van der Waals surface area contributed by atoms with E-state index in [0.29, 0.717) is 6.04 Å². The van der Waals surface area contributed by atoms with Gasteiger partial charge in [-0.15, -0.1) is 10.2 Å². The first kappa shape index (κ1) is 12.3. The Morgan fingerprint density at radius 3 is 3.11 bits per heavy atom. The average molecular weight is 260 g/mol. The molecule has 1 aliphatic rings. The number of hydrogen-bond donors (Lipinski definition) is 1. The van der Waals surface area contributed by atoms with Crippen molar-refractivity contribution in [2.24, 2.45) is 0 Å². The molecule has 2 aromatic heterocycles. The van der Waals surface area contributed by atoms with Gasteiger partial charge in [0.15, 0.2) is 5.82 Å².